The van der Waals surface area contributed by atoms with E-state index in [1.54, 1.807) is 0 Å². The van der Waals surface area contributed by atoms with Gasteiger partial charge in [-0.1, -0.05) is 6.42 Å². The molecule has 1 saturated heterocycles. The van der Waals surface area contributed by atoms with Crippen LogP contribution in [0.2, 0.25) is 0 Å². The molecular formula is C7H16N4. The van der Waals surface area contributed by atoms with Crippen molar-refractivity contribution in [1.82, 2.24) is 4.90 Å². The second kappa shape index (κ2) is 4.18. The number of piperidine rings is 1. The van der Waals surface area contributed by atoms with Gasteiger partial charge in [-0.05, 0) is 25.9 Å². The smallest absolute Gasteiger partial charge is 0.133 e. The second-order valence-corrected chi connectivity index (χ2v) is 2.96. The third-order valence-corrected chi connectivity index (χ3v) is 2.00. The fourth-order valence-electron chi connectivity index (χ4n) is 1.39. The quantitative estimate of drug-likeness (QED) is 0.250. The molecule has 0 spiro atoms. The third-order valence-electron chi connectivity index (χ3n) is 2.00. The summed E-state index contributed by atoms with van der Waals surface area (Å²) < 4.78 is 0. The van der Waals surface area contributed by atoms with Crippen molar-refractivity contribution in [3.8, 4) is 0 Å². The first-order valence-corrected chi connectivity index (χ1v) is 4.07. The Morgan fingerprint density at radius 1 is 1.27 bits per heavy atom. The average Bonchev–Trinajstić information content (AvgIpc) is 2.06. The lowest BCUT2D eigenvalue weighted by Gasteiger charge is -2.25. The third kappa shape index (κ3) is 2.76. The molecule has 1 rings (SSSR count). The summed E-state index contributed by atoms with van der Waals surface area (Å²) in [6.07, 6.45) is 3.89. The predicted molar refractivity (Wildman–Crippen MR) is 46.1 cm³/mol. The number of nitrogens with two attached hydrogens (primary N) is 2. The Kier molecular flexibility index (Phi) is 3.16. The maximum Gasteiger partial charge on any atom is 0.133 e. The van der Waals surface area contributed by atoms with Crippen LogP contribution in [0.25, 0.3) is 0 Å². The van der Waals surface area contributed by atoms with Crippen LogP contribution in [0.3, 0.4) is 0 Å². The molecule has 0 saturated carbocycles. The standard InChI is InChI=1S/C7H16N4/c8-7(10-9)6-11-4-2-1-3-5-11/h1-6,9H2,(H2,8,10). The summed E-state index contributed by atoms with van der Waals surface area (Å²) in [5.41, 5.74) is 5.49. The zero-order valence-corrected chi connectivity index (χ0v) is 6.79. The number of amidine groups is 1. The molecule has 64 valence electrons. The molecule has 0 atom stereocenters. The SMILES string of the molecule is N/N=C(/N)CN1CCCCC1. The maximum absolute atomic E-state index is 5.49. The summed E-state index contributed by atoms with van der Waals surface area (Å²) in [4.78, 5) is 2.29. The minimum absolute atomic E-state index is 0.534. The summed E-state index contributed by atoms with van der Waals surface area (Å²) in [6.45, 7) is 3.00. The highest BCUT2D eigenvalue weighted by molar-refractivity contribution is 5.81. The number of hydrazone groups is 1. The highest BCUT2D eigenvalue weighted by Gasteiger charge is 2.10. The van der Waals surface area contributed by atoms with Crippen molar-refractivity contribution in [3.63, 3.8) is 0 Å². The monoisotopic (exact) mass is 156 g/mol. The lowest BCUT2D eigenvalue weighted by Crippen LogP contribution is -2.37. The van der Waals surface area contributed by atoms with E-state index >= 15 is 0 Å². The first-order valence-electron chi connectivity index (χ1n) is 4.07. The molecule has 4 heteroatoms. The van der Waals surface area contributed by atoms with Crippen LogP contribution in [0.15, 0.2) is 5.10 Å². The van der Waals surface area contributed by atoms with Crippen molar-refractivity contribution in [2.24, 2.45) is 16.7 Å². The van der Waals surface area contributed by atoms with Crippen molar-refractivity contribution in [2.75, 3.05) is 19.6 Å². The lowest BCUT2D eigenvalue weighted by molar-refractivity contribution is 0.258. The Balaban J connectivity index is 2.24. The molecular weight excluding hydrogens is 140 g/mol. The van der Waals surface area contributed by atoms with E-state index in [1.165, 1.54) is 19.3 Å². The summed E-state index contributed by atoms with van der Waals surface area (Å²) in [6, 6.07) is 0. The Labute approximate surface area is 67.2 Å². The molecule has 1 heterocycles. The van der Waals surface area contributed by atoms with E-state index in [-0.39, 0.29) is 0 Å². The van der Waals surface area contributed by atoms with Crippen LogP contribution in [0.5, 0.6) is 0 Å². The molecule has 0 aromatic heterocycles. The van der Waals surface area contributed by atoms with Gasteiger partial charge in [-0.3, -0.25) is 4.90 Å². The number of rotatable bonds is 2. The van der Waals surface area contributed by atoms with Gasteiger partial charge in [-0.15, -0.1) is 0 Å². The van der Waals surface area contributed by atoms with E-state index in [1.807, 2.05) is 0 Å². The largest absolute Gasteiger partial charge is 0.385 e. The molecule has 0 aromatic rings. The van der Waals surface area contributed by atoms with E-state index in [0.29, 0.717) is 5.84 Å². The zero-order chi connectivity index (χ0) is 8.10. The minimum atomic E-state index is 0.534. The van der Waals surface area contributed by atoms with Crippen molar-refractivity contribution < 1.29 is 0 Å². The molecule has 0 unspecified atom stereocenters. The van der Waals surface area contributed by atoms with E-state index in [0.717, 1.165) is 19.6 Å². The van der Waals surface area contributed by atoms with E-state index in [4.69, 9.17) is 11.6 Å². The van der Waals surface area contributed by atoms with Gasteiger partial charge in [0.15, 0.2) is 0 Å². The van der Waals surface area contributed by atoms with Gasteiger partial charge in [0.2, 0.25) is 0 Å². The Morgan fingerprint density at radius 2 is 1.91 bits per heavy atom. The molecule has 4 N–H and O–H groups in total. The first kappa shape index (κ1) is 8.33. The van der Waals surface area contributed by atoms with E-state index < -0.39 is 0 Å². The van der Waals surface area contributed by atoms with Crippen LogP contribution in [0.1, 0.15) is 19.3 Å². The topological polar surface area (TPSA) is 67.6 Å². The molecule has 1 aliphatic rings. The number of likely N-dealkylation sites (tertiary alicyclic amines) is 1. The van der Waals surface area contributed by atoms with E-state index in [2.05, 4.69) is 10.0 Å². The summed E-state index contributed by atoms with van der Waals surface area (Å²) in [7, 11) is 0. The summed E-state index contributed by atoms with van der Waals surface area (Å²) in [5.74, 6) is 5.56. The number of hydrogen-bond donors (Lipinski definition) is 2. The Hall–Kier alpha value is -0.770. The molecule has 0 bridgehead atoms. The highest BCUT2D eigenvalue weighted by atomic mass is 15.2. The predicted octanol–water partition coefficient (Wildman–Crippen LogP) is -0.297. The fourth-order valence-corrected chi connectivity index (χ4v) is 1.39. The molecule has 0 aliphatic carbocycles. The van der Waals surface area contributed by atoms with Gasteiger partial charge in [-0.25, -0.2) is 0 Å². The van der Waals surface area contributed by atoms with Gasteiger partial charge in [0.25, 0.3) is 0 Å². The minimum Gasteiger partial charge on any atom is -0.385 e. The van der Waals surface area contributed by atoms with Crippen LogP contribution >= 0.6 is 0 Å². The van der Waals surface area contributed by atoms with Gasteiger partial charge in [0, 0.05) is 0 Å². The first-order chi connectivity index (χ1) is 5.33. The van der Waals surface area contributed by atoms with Crippen molar-refractivity contribution in [3.05, 3.63) is 0 Å². The Bertz CT molecular complexity index is 137. The van der Waals surface area contributed by atoms with Crippen LogP contribution < -0.4 is 11.6 Å². The van der Waals surface area contributed by atoms with Crippen molar-refractivity contribution in [2.45, 2.75) is 19.3 Å². The summed E-state index contributed by atoms with van der Waals surface area (Å²) in [5, 5.41) is 3.44. The normalized spacial score (nSPS) is 22.0. The molecule has 1 fully saturated rings. The van der Waals surface area contributed by atoms with Gasteiger partial charge >= 0.3 is 0 Å². The van der Waals surface area contributed by atoms with Gasteiger partial charge in [0.1, 0.15) is 5.84 Å². The molecule has 0 aromatic carbocycles. The summed E-state index contributed by atoms with van der Waals surface area (Å²) >= 11 is 0. The van der Waals surface area contributed by atoms with Crippen LogP contribution in [-0.2, 0) is 0 Å². The molecule has 11 heavy (non-hydrogen) atoms. The second-order valence-electron chi connectivity index (χ2n) is 2.96. The van der Waals surface area contributed by atoms with Gasteiger partial charge in [0.05, 0.1) is 6.54 Å². The van der Waals surface area contributed by atoms with Crippen molar-refractivity contribution >= 4 is 5.84 Å². The Morgan fingerprint density at radius 3 is 2.45 bits per heavy atom. The molecule has 1 aliphatic heterocycles. The van der Waals surface area contributed by atoms with Crippen LogP contribution in [-0.4, -0.2) is 30.4 Å². The van der Waals surface area contributed by atoms with E-state index in [9.17, 15) is 0 Å². The number of hydrogen-bond acceptors (Lipinski definition) is 3. The van der Waals surface area contributed by atoms with Crippen molar-refractivity contribution in [1.29, 1.82) is 0 Å². The lowest BCUT2D eigenvalue weighted by atomic mass is 10.1. The van der Waals surface area contributed by atoms with Gasteiger partial charge < -0.3 is 11.6 Å². The maximum atomic E-state index is 5.49. The van der Waals surface area contributed by atoms with Crippen LogP contribution in [0.4, 0.5) is 0 Å². The molecule has 4 nitrogen and oxygen atoms in total. The fraction of sp³-hybridized carbons (Fsp3) is 0.857. The highest BCUT2D eigenvalue weighted by Crippen LogP contribution is 2.07. The average molecular weight is 156 g/mol. The van der Waals surface area contributed by atoms with Crippen LogP contribution in [0, 0.1) is 0 Å². The molecule has 0 amide bonds. The zero-order valence-electron chi connectivity index (χ0n) is 6.79. The van der Waals surface area contributed by atoms with Gasteiger partial charge in [-0.2, -0.15) is 5.10 Å². The molecule has 0 radical (unpaired) electrons. The number of nitrogens with zero attached hydrogens (tertiary/aromatic N) is 2.